The van der Waals surface area contributed by atoms with Crippen molar-refractivity contribution in [1.29, 1.82) is 0 Å². The first-order valence-electron chi connectivity index (χ1n) is 4.16. The van der Waals surface area contributed by atoms with E-state index in [1.165, 1.54) is 0 Å². The molecule has 0 fully saturated rings. The molecule has 72 valence electrons. The quantitative estimate of drug-likeness (QED) is 0.518. The Morgan fingerprint density at radius 1 is 1.57 bits per heavy atom. The molecule has 1 aromatic carbocycles. The van der Waals surface area contributed by atoms with Crippen molar-refractivity contribution in [3.8, 4) is 11.8 Å². The number of hydrogen-bond acceptors (Lipinski definition) is 2. The zero-order valence-corrected chi connectivity index (χ0v) is 7.87. The standard InChI is InChI=1S/C11H11NO2/c1-8-7-10(12)6-5-9(8)3-2-4-11(13)14/h5-7H,4,12H2,1H3,(H,13,14). The van der Waals surface area contributed by atoms with E-state index >= 15 is 0 Å². The van der Waals surface area contributed by atoms with Crippen LogP contribution in [0.15, 0.2) is 18.2 Å². The third kappa shape index (κ3) is 2.83. The smallest absolute Gasteiger partial charge is 0.315 e. The van der Waals surface area contributed by atoms with Gasteiger partial charge in [-0.3, -0.25) is 4.79 Å². The fourth-order valence-electron chi connectivity index (χ4n) is 1.04. The molecule has 0 radical (unpaired) electrons. The molecule has 0 saturated heterocycles. The van der Waals surface area contributed by atoms with Gasteiger partial charge in [0, 0.05) is 11.3 Å². The minimum atomic E-state index is -0.911. The summed E-state index contributed by atoms with van der Waals surface area (Å²) in [5.74, 6) is 4.44. The van der Waals surface area contributed by atoms with E-state index in [0.717, 1.165) is 11.1 Å². The minimum absolute atomic E-state index is 0.135. The first-order valence-corrected chi connectivity index (χ1v) is 4.16. The molecule has 14 heavy (non-hydrogen) atoms. The fourth-order valence-corrected chi connectivity index (χ4v) is 1.04. The zero-order valence-electron chi connectivity index (χ0n) is 7.87. The molecule has 3 heteroatoms. The molecule has 0 spiro atoms. The molecule has 0 aliphatic carbocycles. The van der Waals surface area contributed by atoms with Gasteiger partial charge in [0.1, 0.15) is 6.42 Å². The predicted octanol–water partition coefficient (Wildman–Crippen LogP) is 1.40. The number of hydrogen-bond donors (Lipinski definition) is 2. The summed E-state index contributed by atoms with van der Waals surface area (Å²) in [5.41, 5.74) is 8.03. The van der Waals surface area contributed by atoms with Crippen molar-refractivity contribution < 1.29 is 9.90 Å². The molecule has 1 aromatic rings. The Morgan fingerprint density at radius 2 is 2.29 bits per heavy atom. The maximum Gasteiger partial charge on any atom is 0.315 e. The molecule has 0 unspecified atom stereocenters. The number of aliphatic carboxylic acids is 1. The minimum Gasteiger partial charge on any atom is -0.481 e. The SMILES string of the molecule is Cc1cc(N)ccc1C#CCC(=O)O. The lowest BCUT2D eigenvalue weighted by Crippen LogP contribution is -1.91. The van der Waals surface area contributed by atoms with E-state index in [0.29, 0.717) is 5.69 Å². The summed E-state index contributed by atoms with van der Waals surface area (Å²) in [6, 6.07) is 5.35. The van der Waals surface area contributed by atoms with Gasteiger partial charge in [-0.2, -0.15) is 0 Å². The van der Waals surface area contributed by atoms with Gasteiger partial charge in [0.15, 0.2) is 0 Å². The Morgan fingerprint density at radius 3 is 2.86 bits per heavy atom. The van der Waals surface area contributed by atoms with Crippen molar-refractivity contribution in [2.45, 2.75) is 13.3 Å². The topological polar surface area (TPSA) is 63.3 Å². The summed E-state index contributed by atoms with van der Waals surface area (Å²) in [6.45, 7) is 1.89. The number of carbonyl (C=O) groups is 1. The van der Waals surface area contributed by atoms with Crippen LogP contribution in [0.25, 0.3) is 0 Å². The predicted molar refractivity (Wildman–Crippen MR) is 54.7 cm³/mol. The van der Waals surface area contributed by atoms with E-state index in [4.69, 9.17) is 10.8 Å². The fraction of sp³-hybridized carbons (Fsp3) is 0.182. The highest BCUT2D eigenvalue weighted by molar-refractivity contribution is 5.70. The molecular formula is C11H11NO2. The first kappa shape index (κ1) is 10.1. The van der Waals surface area contributed by atoms with Gasteiger partial charge >= 0.3 is 5.97 Å². The maximum absolute atomic E-state index is 10.2. The van der Waals surface area contributed by atoms with Gasteiger partial charge in [-0.25, -0.2) is 0 Å². The number of rotatable bonds is 1. The van der Waals surface area contributed by atoms with Crippen LogP contribution in [0, 0.1) is 18.8 Å². The van der Waals surface area contributed by atoms with E-state index in [9.17, 15) is 4.79 Å². The van der Waals surface area contributed by atoms with Gasteiger partial charge in [-0.05, 0) is 30.7 Å². The molecule has 0 heterocycles. The molecule has 1 rings (SSSR count). The van der Waals surface area contributed by atoms with Gasteiger partial charge in [0.05, 0.1) is 0 Å². The number of aryl methyl sites for hydroxylation is 1. The maximum atomic E-state index is 10.2. The van der Waals surface area contributed by atoms with Crippen molar-refractivity contribution in [1.82, 2.24) is 0 Å². The lowest BCUT2D eigenvalue weighted by molar-refractivity contribution is -0.135. The number of nitrogen functional groups attached to an aromatic ring is 1. The van der Waals surface area contributed by atoms with Crippen LogP contribution in [-0.2, 0) is 4.79 Å². The van der Waals surface area contributed by atoms with Crippen molar-refractivity contribution in [3.63, 3.8) is 0 Å². The molecular weight excluding hydrogens is 178 g/mol. The zero-order chi connectivity index (χ0) is 10.6. The van der Waals surface area contributed by atoms with Crippen LogP contribution in [0.4, 0.5) is 5.69 Å². The van der Waals surface area contributed by atoms with Crippen molar-refractivity contribution in [2.24, 2.45) is 0 Å². The first-order chi connectivity index (χ1) is 6.59. The summed E-state index contributed by atoms with van der Waals surface area (Å²) in [5, 5.41) is 8.38. The highest BCUT2D eigenvalue weighted by Crippen LogP contribution is 2.10. The van der Waals surface area contributed by atoms with E-state index in [1.54, 1.807) is 12.1 Å². The highest BCUT2D eigenvalue weighted by atomic mass is 16.4. The summed E-state index contributed by atoms with van der Waals surface area (Å²) in [7, 11) is 0. The Hall–Kier alpha value is -1.95. The van der Waals surface area contributed by atoms with E-state index in [1.807, 2.05) is 13.0 Å². The monoisotopic (exact) mass is 189 g/mol. The molecule has 0 atom stereocenters. The van der Waals surface area contributed by atoms with E-state index in [2.05, 4.69) is 11.8 Å². The second kappa shape index (κ2) is 4.33. The van der Waals surface area contributed by atoms with E-state index in [-0.39, 0.29) is 6.42 Å². The van der Waals surface area contributed by atoms with E-state index < -0.39 is 5.97 Å². The van der Waals surface area contributed by atoms with Crippen molar-refractivity contribution in [3.05, 3.63) is 29.3 Å². The van der Waals surface area contributed by atoms with Crippen molar-refractivity contribution in [2.75, 3.05) is 5.73 Å². The summed E-state index contributed by atoms with van der Waals surface area (Å²) in [4.78, 5) is 10.2. The van der Waals surface area contributed by atoms with Crippen LogP contribution in [0.3, 0.4) is 0 Å². The van der Waals surface area contributed by atoms with Gasteiger partial charge in [0.2, 0.25) is 0 Å². The third-order valence-corrected chi connectivity index (χ3v) is 1.71. The van der Waals surface area contributed by atoms with Gasteiger partial charge in [-0.1, -0.05) is 11.8 Å². The molecule has 0 aromatic heterocycles. The molecule has 0 bridgehead atoms. The lowest BCUT2D eigenvalue weighted by atomic mass is 10.1. The summed E-state index contributed by atoms with van der Waals surface area (Å²) in [6.07, 6.45) is -0.135. The Kier molecular flexibility index (Phi) is 3.14. The second-order valence-corrected chi connectivity index (χ2v) is 2.95. The molecule has 0 aliphatic heterocycles. The number of carboxylic acids is 1. The van der Waals surface area contributed by atoms with Crippen LogP contribution >= 0.6 is 0 Å². The van der Waals surface area contributed by atoms with Gasteiger partial charge < -0.3 is 10.8 Å². The molecule has 0 amide bonds. The molecule has 0 saturated carbocycles. The van der Waals surface area contributed by atoms with Crippen LogP contribution in [0.1, 0.15) is 17.5 Å². The number of anilines is 1. The average molecular weight is 189 g/mol. The molecule has 3 nitrogen and oxygen atoms in total. The van der Waals surface area contributed by atoms with Crippen LogP contribution in [-0.4, -0.2) is 11.1 Å². The Bertz CT molecular complexity index is 413. The lowest BCUT2D eigenvalue weighted by Gasteiger charge is -1.98. The molecule has 3 N–H and O–H groups in total. The normalized spacial score (nSPS) is 8.93. The number of carboxylic acid groups (broad SMARTS) is 1. The summed E-state index contributed by atoms with van der Waals surface area (Å²) >= 11 is 0. The largest absolute Gasteiger partial charge is 0.481 e. The second-order valence-electron chi connectivity index (χ2n) is 2.95. The third-order valence-electron chi connectivity index (χ3n) is 1.71. The van der Waals surface area contributed by atoms with Gasteiger partial charge in [-0.15, -0.1) is 0 Å². The highest BCUT2D eigenvalue weighted by Gasteiger charge is 1.94. The average Bonchev–Trinajstić information content (AvgIpc) is 2.08. The molecule has 0 aliphatic rings. The van der Waals surface area contributed by atoms with Crippen LogP contribution in [0.5, 0.6) is 0 Å². The Labute approximate surface area is 82.6 Å². The number of benzene rings is 1. The van der Waals surface area contributed by atoms with Crippen LogP contribution < -0.4 is 5.73 Å². The number of nitrogens with two attached hydrogens (primary N) is 1. The van der Waals surface area contributed by atoms with Crippen molar-refractivity contribution >= 4 is 11.7 Å². The Balaban J connectivity index is 2.85. The van der Waals surface area contributed by atoms with Crippen LogP contribution in [0.2, 0.25) is 0 Å². The van der Waals surface area contributed by atoms with Gasteiger partial charge in [0.25, 0.3) is 0 Å². The summed E-state index contributed by atoms with van der Waals surface area (Å²) < 4.78 is 0.